The fourth-order valence-electron chi connectivity index (χ4n) is 1.40. The van der Waals surface area contributed by atoms with Gasteiger partial charge in [0.25, 0.3) is 0 Å². The summed E-state index contributed by atoms with van der Waals surface area (Å²) in [4.78, 5) is 35.8. The Hall–Kier alpha value is -2.25. The molecule has 0 fully saturated rings. The summed E-state index contributed by atoms with van der Waals surface area (Å²) in [5.74, 6) is -0.644. The molecule has 138 valence electrons. The zero-order valence-corrected chi connectivity index (χ0v) is 15.7. The van der Waals surface area contributed by atoms with Gasteiger partial charge in [-0.25, -0.2) is 19.8 Å². The molecule has 0 atom stereocenters. The normalized spacial score (nSPS) is 12.2. The molecule has 0 aliphatic carbocycles. The van der Waals surface area contributed by atoms with Crippen LogP contribution in [0.3, 0.4) is 0 Å². The number of hydrogen-bond acceptors (Lipinski definition) is 6. The first-order valence-corrected chi connectivity index (χ1v) is 7.63. The number of hydrogen-bond donors (Lipinski definition) is 1. The third-order valence-electron chi connectivity index (χ3n) is 2.14. The lowest BCUT2D eigenvalue weighted by Crippen LogP contribution is -2.48. The average molecular weight is 344 g/mol. The van der Waals surface area contributed by atoms with Gasteiger partial charge in [-0.05, 0) is 55.4 Å². The second kappa shape index (κ2) is 8.56. The summed E-state index contributed by atoms with van der Waals surface area (Å²) < 4.78 is 15.1. The minimum absolute atomic E-state index is 0.119. The van der Waals surface area contributed by atoms with Crippen molar-refractivity contribution in [3.8, 4) is 0 Å². The number of esters is 1. The van der Waals surface area contributed by atoms with E-state index in [0.29, 0.717) is 0 Å². The summed E-state index contributed by atoms with van der Waals surface area (Å²) in [5.41, 5.74) is 0.854. The van der Waals surface area contributed by atoms with Crippen LogP contribution in [0.15, 0.2) is 11.8 Å². The molecule has 8 nitrogen and oxygen atoms in total. The molecule has 1 N–H and O–H groups in total. The number of carbonyl (C=O) groups excluding carboxylic acids is 3. The van der Waals surface area contributed by atoms with Crippen LogP contribution in [0, 0.1) is 0 Å². The maximum absolute atomic E-state index is 12.3. The Morgan fingerprint density at radius 2 is 1.50 bits per heavy atom. The van der Waals surface area contributed by atoms with E-state index in [1.165, 1.54) is 6.92 Å². The van der Waals surface area contributed by atoms with E-state index in [4.69, 9.17) is 14.2 Å². The molecular formula is C16H28N2O6. The van der Waals surface area contributed by atoms with Crippen molar-refractivity contribution in [3.63, 3.8) is 0 Å². The average Bonchev–Trinajstić information content (AvgIpc) is 2.31. The topological polar surface area (TPSA) is 94.2 Å². The van der Waals surface area contributed by atoms with Gasteiger partial charge in [-0.3, -0.25) is 0 Å². The molecule has 0 aromatic rings. The number of carbonyl (C=O) groups is 3. The molecule has 8 heteroatoms. The van der Waals surface area contributed by atoms with Crippen molar-refractivity contribution in [1.29, 1.82) is 0 Å². The first kappa shape index (κ1) is 21.8. The van der Waals surface area contributed by atoms with Crippen molar-refractivity contribution in [1.82, 2.24) is 10.4 Å². The molecule has 0 saturated carbocycles. The lowest BCUT2D eigenvalue weighted by molar-refractivity contribution is -0.137. The molecule has 0 saturated heterocycles. The van der Waals surface area contributed by atoms with Crippen molar-refractivity contribution in [2.75, 3.05) is 6.61 Å². The van der Waals surface area contributed by atoms with Gasteiger partial charge in [0.05, 0.1) is 12.3 Å². The minimum atomic E-state index is -0.857. The third-order valence-corrected chi connectivity index (χ3v) is 2.14. The number of ether oxygens (including phenoxy) is 3. The monoisotopic (exact) mass is 344 g/mol. The Balaban J connectivity index is 5.33. The van der Waals surface area contributed by atoms with Gasteiger partial charge >= 0.3 is 18.2 Å². The van der Waals surface area contributed by atoms with Crippen LogP contribution in [0.1, 0.15) is 55.4 Å². The van der Waals surface area contributed by atoms with Crippen LogP contribution in [0.4, 0.5) is 9.59 Å². The van der Waals surface area contributed by atoms with Gasteiger partial charge in [0.15, 0.2) is 0 Å². The maximum Gasteiger partial charge on any atom is 0.433 e. The Bertz CT molecular complexity index is 500. The number of nitrogens with one attached hydrogen (secondary N) is 1. The van der Waals surface area contributed by atoms with Gasteiger partial charge < -0.3 is 14.2 Å². The summed E-state index contributed by atoms with van der Waals surface area (Å²) in [6.45, 7) is 13.4. The molecule has 0 aliphatic heterocycles. The molecule has 0 spiro atoms. The van der Waals surface area contributed by atoms with Crippen LogP contribution in [-0.2, 0) is 19.0 Å². The molecule has 2 amide bonds. The van der Waals surface area contributed by atoms with Crippen molar-refractivity contribution in [3.05, 3.63) is 11.8 Å². The quantitative estimate of drug-likeness (QED) is 0.366. The second-order valence-corrected chi connectivity index (χ2v) is 6.97. The van der Waals surface area contributed by atoms with E-state index in [1.54, 1.807) is 48.5 Å². The van der Waals surface area contributed by atoms with E-state index in [0.717, 1.165) is 11.1 Å². The SMILES string of the molecule is CCOC(=O)/C=C(/C)N(NC(=O)OC(C)(C)C)C(=O)OC(C)(C)C. The van der Waals surface area contributed by atoms with Crippen molar-refractivity contribution >= 4 is 18.2 Å². The molecule has 24 heavy (non-hydrogen) atoms. The summed E-state index contributed by atoms with van der Waals surface area (Å²) in [5, 5.41) is 0.802. The van der Waals surface area contributed by atoms with E-state index in [1.807, 2.05) is 0 Å². The molecule has 0 aromatic heterocycles. The molecule has 0 aliphatic rings. The van der Waals surface area contributed by atoms with Crippen molar-refractivity contribution in [2.24, 2.45) is 0 Å². The van der Waals surface area contributed by atoms with Gasteiger partial charge in [0.2, 0.25) is 0 Å². The Morgan fingerprint density at radius 1 is 1.00 bits per heavy atom. The van der Waals surface area contributed by atoms with Crippen LogP contribution >= 0.6 is 0 Å². The first-order valence-electron chi connectivity index (χ1n) is 7.63. The molecular weight excluding hydrogens is 316 g/mol. The van der Waals surface area contributed by atoms with E-state index < -0.39 is 29.4 Å². The van der Waals surface area contributed by atoms with Crippen molar-refractivity contribution in [2.45, 2.75) is 66.6 Å². The van der Waals surface area contributed by atoms with Crippen molar-refractivity contribution < 1.29 is 28.6 Å². The van der Waals surface area contributed by atoms with E-state index >= 15 is 0 Å². The molecule has 0 aromatic carbocycles. The first-order chi connectivity index (χ1) is 10.7. The zero-order chi connectivity index (χ0) is 19.1. The largest absolute Gasteiger partial charge is 0.463 e. The van der Waals surface area contributed by atoms with Gasteiger partial charge in [0, 0.05) is 6.08 Å². The highest BCUT2D eigenvalue weighted by Crippen LogP contribution is 2.13. The predicted molar refractivity (Wildman–Crippen MR) is 87.8 cm³/mol. The highest BCUT2D eigenvalue weighted by molar-refractivity contribution is 5.84. The summed E-state index contributed by atoms with van der Waals surface area (Å²) >= 11 is 0. The standard InChI is InChI=1S/C16H28N2O6/c1-9-22-12(19)10-11(2)18(14(21)24-16(6,7)8)17-13(20)23-15(3,4)5/h10H,9H2,1-8H3,(H,17,20)/b11-10-. The fraction of sp³-hybridized carbons (Fsp3) is 0.688. The van der Waals surface area contributed by atoms with Crippen LogP contribution in [-0.4, -0.2) is 41.0 Å². The maximum atomic E-state index is 12.3. The third kappa shape index (κ3) is 9.70. The highest BCUT2D eigenvalue weighted by Gasteiger charge is 2.27. The summed E-state index contributed by atoms with van der Waals surface area (Å²) in [6, 6.07) is 0. The molecule has 0 radical (unpaired) electrons. The van der Waals surface area contributed by atoms with Crippen LogP contribution in [0.25, 0.3) is 0 Å². The minimum Gasteiger partial charge on any atom is -0.463 e. The second-order valence-electron chi connectivity index (χ2n) is 6.97. The number of allylic oxidation sites excluding steroid dienone is 1. The predicted octanol–water partition coefficient (Wildman–Crippen LogP) is 3.13. The summed E-state index contributed by atoms with van der Waals surface area (Å²) in [7, 11) is 0. The number of rotatable bonds is 3. The van der Waals surface area contributed by atoms with Gasteiger partial charge in [-0.15, -0.1) is 0 Å². The van der Waals surface area contributed by atoms with Crippen LogP contribution in [0.2, 0.25) is 0 Å². The van der Waals surface area contributed by atoms with E-state index in [9.17, 15) is 14.4 Å². The Kier molecular flexibility index (Phi) is 7.76. The van der Waals surface area contributed by atoms with Gasteiger partial charge in [-0.2, -0.15) is 5.01 Å². The van der Waals surface area contributed by atoms with E-state index in [2.05, 4.69) is 5.43 Å². The van der Waals surface area contributed by atoms with Gasteiger partial charge in [0.1, 0.15) is 11.2 Å². The lowest BCUT2D eigenvalue weighted by Gasteiger charge is -2.29. The smallest absolute Gasteiger partial charge is 0.433 e. The number of nitrogens with zero attached hydrogens (tertiary/aromatic N) is 1. The van der Waals surface area contributed by atoms with Crippen LogP contribution < -0.4 is 5.43 Å². The molecule has 0 bridgehead atoms. The highest BCUT2D eigenvalue weighted by atomic mass is 16.6. The van der Waals surface area contributed by atoms with Gasteiger partial charge in [-0.1, -0.05) is 0 Å². The van der Waals surface area contributed by atoms with E-state index in [-0.39, 0.29) is 12.3 Å². The molecule has 0 rings (SSSR count). The fourth-order valence-corrected chi connectivity index (χ4v) is 1.40. The molecule has 0 unspecified atom stereocenters. The number of hydrazine groups is 1. The Morgan fingerprint density at radius 3 is 1.92 bits per heavy atom. The zero-order valence-electron chi connectivity index (χ0n) is 15.7. The van der Waals surface area contributed by atoms with Crippen LogP contribution in [0.5, 0.6) is 0 Å². The molecule has 0 heterocycles. The lowest BCUT2D eigenvalue weighted by atomic mass is 10.2. The number of amides is 2. The summed E-state index contributed by atoms with van der Waals surface area (Å²) in [6.07, 6.45) is -0.637. The Labute approximate surface area is 143 Å².